The summed E-state index contributed by atoms with van der Waals surface area (Å²) in [6.07, 6.45) is 6.37. The summed E-state index contributed by atoms with van der Waals surface area (Å²) in [7, 11) is 0. The number of fused-ring (bicyclic) bond motifs is 1. The van der Waals surface area contributed by atoms with Gasteiger partial charge in [0.2, 0.25) is 0 Å². The highest BCUT2D eigenvalue weighted by atomic mass is 32.1. The SMILES string of the molecule is CCNCC1(CCc2cccs2)CCCc2ccccc21. The zero-order chi connectivity index (χ0) is 14.5. The Morgan fingerprint density at radius 3 is 2.90 bits per heavy atom. The minimum absolute atomic E-state index is 0.328. The first-order chi connectivity index (χ1) is 10.3. The summed E-state index contributed by atoms with van der Waals surface area (Å²) in [5, 5.41) is 5.83. The molecule has 1 unspecified atom stereocenters. The molecule has 1 N–H and O–H groups in total. The van der Waals surface area contributed by atoms with Gasteiger partial charge in [0, 0.05) is 16.8 Å². The van der Waals surface area contributed by atoms with Gasteiger partial charge in [-0.1, -0.05) is 37.3 Å². The van der Waals surface area contributed by atoms with E-state index in [1.54, 1.807) is 11.1 Å². The van der Waals surface area contributed by atoms with Crippen LogP contribution in [0.4, 0.5) is 0 Å². The van der Waals surface area contributed by atoms with Crippen LogP contribution in [0.5, 0.6) is 0 Å². The average Bonchev–Trinajstić information content (AvgIpc) is 3.05. The summed E-state index contributed by atoms with van der Waals surface area (Å²) >= 11 is 1.89. The molecule has 0 saturated heterocycles. The van der Waals surface area contributed by atoms with Crippen LogP contribution < -0.4 is 5.32 Å². The lowest BCUT2D eigenvalue weighted by Crippen LogP contribution is -2.41. The number of thiophene rings is 1. The first-order valence-electron chi connectivity index (χ1n) is 8.15. The van der Waals surface area contributed by atoms with Crippen molar-refractivity contribution in [2.24, 2.45) is 0 Å². The highest BCUT2D eigenvalue weighted by Crippen LogP contribution is 2.40. The lowest BCUT2D eigenvalue weighted by atomic mass is 9.67. The predicted octanol–water partition coefficient (Wildman–Crippen LogP) is 4.56. The Morgan fingerprint density at radius 2 is 2.10 bits per heavy atom. The average molecular weight is 299 g/mol. The molecule has 1 atom stereocenters. The van der Waals surface area contributed by atoms with Crippen LogP contribution in [-0.2, 0) is 18.3 Å². The first kappa shape index (κ1) is 14.8. The van der Waals surface area contributed by atoms with E-state index < -0.39 is 0 Å². The van der Waals surface area contributed by atoms with E-state index in [1.165, 1.54) is 37.0 Å². The number of hydrogen-bond donors (Lipinski definition) is 1. The molecule has 1 heterocycles. The zero-order valence-electron chi connectivity index (χ0n) is 12.9. The van der Waals surface area contributed by atoms with Crippen LogP contribution in [0.1, 0.15) is 42.2 Å². The van der Waals surface area contributed by atoms with Crippen molar-refractivity contribution in [2.75, 3.05) is 13.1 Å². The Morgan fingerprint density at radius 1 is 1.19 bits per heavy atom. The maximum atomic E-state index is 3.63. The molecule has 2 heteroatoms. The smallest absolute Gasteiger partial charge is 0.00840 e. The third-order valence-electron chi connectivity index (χ3n) is 4.83. The Labute approximate surface area is 132 Å². The van der Waals surface area contributed by atoms with Crippen LogP contribution in [0.2, 0.25) is 0 Å². The Kier molecular flexibility index (Phi) is 4.77. The summed E-state index contributed by atoms with van der Waals surface area (Å²) < 4.78 is 0. The second-order valence-electron chi connectivity index (χ2n) is 6.15. The fraction of sp³-hybridized carbons (Fsp3) is 0.474. The van der Waals surface area contributed by atoms with E-state index >= 15 is 0 Å². The molecule has 2 aromatic rings. The molecule has 0 spiro atoms. The van der Waals surface area contributed by atoms with Crippen molar-refractivity contribution >= 4 is 11.3 Å². The van der Waals surface area contributed by atoms with Gasteiger partial charge < -0.3 is 5.32 Å². The first-order valence-corrected chi connectivity index (χ1v) is 9.03. The minimum atomic E-state index is 0.328. The Bertz CT molecular complexity index is 561. The second kappa shape index (κ2) is 6.76. The number of rotatable bonds is 6. The maximum absolute atomic E-state index is 3.63. The van der Waals surface area contributed by atoms with Crippen molar-refractivity contribution < 1.29 is 0 Å². The molecular formula is C19H25NS. The van der Waals surface area contributed by atoms with Gasteiger partial charge in [-0.15, -0.1) is 11.3 Å². The van der Waals surface area contributed by atoms with E-state index in [0.29, 0.717) is 5.41 Å². The number of nitrogens with one attached hydrogen (secondary N) is 1. The largest absolute Gasteiger partial charge is 0.316 e. The topological polar surface area (TPSA) is 12.0 Å². The zero-order valence-corrected chi connectivity index (χ0v) is 13.7. The number of hydrogen-bond acceptors (Lipinski definition) is 2. The molecule has 0 radical (unpaired) electrons. The van der Waals surface area contributed by atoms with Crippen LogP contribution in [-0.4, -0.2) is 13.1 Å². The molecule has 1 aliphatic carbocycles. The van der Waals surface area contributed by atoms with Gasteiger partial charge in [0.1, 0.15) is 0 Å². The third-order valence-corrected chi connectivity index (χ3v) is 5.77. The monoisotopic (exact) mass is 299 g/mol. The normalized spacial score (nSPS) is 21.2. The summed E-state index contributed by atoms with van der Waals surface area (Å²) in [4.78, 5) is 1.52. The number of likely N-dealkylation sites (N-methyl/N-ethyl adjacent to an activating group) is 1. The molecule has 1 aromatic carbocycles. The van der Waals surface area contributed by atoms with Gasteiger partial charge in [-0.05, 0) is 61.2 Å². The summed E-state index contributed by atoms with van der Waals surface area (Å²) in [5.41, 5.74) is 3.51. The van der Waals surface area contributed by atoms with Crippen LogP contribution in [0.3, 0.4) is 0 Å². The van der Waals surface area contributed by atoms with E-state index in [1.807, 2.05) is 11.3 Å². The van der Waals surface area contributed by atoms with Gasteiger partial charge in [-0.3, -0.25) is 0 Å². The van der Waals surface area contributed by atoms with E-state index in [-0.39, 0.29) is 0 Å². The van der Waals surface area contributed by atoms with Gasteiger partial charge in [0.25, 0.3) is 0 Å². The highest BCUT2D eigenvalue weighted by Gasteiger charge is 2.35. The molecule has 0 amide bonds. The molecule has 3 rings (SSSR count). The Hall–Kier alpha value is -1.12. The van der Waals surface area contributed by atoms with E-state index in [0.717, 1.165) is 13.1 Å². The van der Waals surface area contributed by atoms with Gasteiger partial charge in [0.15, 0.2) is 0 Å². The summed E-state index contributed by atoms with van der Waals surface area (Å²) in [5.74, 6) is 0. The van der Waals surface area contributed by atoms with E-state index in [4.69, 9.17) is 0 Å². The quantitative estimate of drug-likeness (QED) is 0.824. The molecule has 0 saturated carbocycles. The van der Waals surface area contributed by atoms with Crippen LogP contribution >= 0.6 is 11.3 Å². The molecule has 1 aliphatic rings. The van der Waals surface area contributed by atoms with Crippen molar-refractivity contribution in [1.82, 2.24) is 5.32 Å². The van der Waals surface area contributed by atoms with Crippen molar-refractivity contribution in [2.45, 2.75) is 44.4 Å². The van der Waals surface area contributed by atoms with Gasteiger partial charge in [-0.25, -0.2) is 0 Å². The lowest BCUT2D eigenvalue weighted by Gasteiger charge is -2.40. The lowest BCUT2D eigenvalue weighted by molar-refractivity contribution is 0.319. The molecule has 1 nitrogen and oxygen atoms in total. The highest BCUT2D eigenvalue weighted by molar-refractivity contribution is 7.09. The molecule has 1 aromatic heterocycles. The fourth-order valence-corrected chi connectivity index (χ4v) is 4.43. The number of aryl methyl sites for hydroxylation is 2. The predicted molar refractivity (Wildman–Crippen MR) is 92.2 cm³/mol. The molecule has 21 heavy (non-hydrogen) atoms. The molecule has 0 fully saturated rings. The van der Waals surface area contributed by atoms with Crippen molar-refractivity contribution in [3.63, 3.8) is 0 Å². The van der Waals surface area contributed by atoms with Crippen LogP contribution in [0.25, 0.3) is 0 Å². The van der Waals surface area contributed by atoms with Crippen molar-refractivity contribution in [3.8, 4) is 0 Å². The molecular weight excluding hydrogens is 274 g/mol. The van der Waals surface area contributed by atoms with Crippen molar-refractivity contribution in [3.05, 3.63) is 57.8 Å². The fourth-order valence-electron chi connectivity index (χ4n) is 3.72. The van der Waals surface area contributed by atoms with E-state index in [9.17, 15) is 0 Å². The second-order valence-corrected chi connectivity index (χ2v) is 7.18. The van der Waals surface area contributed by atoms with Crippen molar-refractivity contribution in [1.29, 1.82) is 0 Å². The van der Waals surface area contributed by atoms with Crippen LogP contribution in [0.15, 0.2) is 41.8 Å². The van der Waals surface area contributed by atoms with Crippen LogP contribution in [0, 0.1) is 0 Å². The third kappa shape index (κ3) is 3.22. The minimum Gasteiger partial charge on any atom is -0.316 e. The van der Waals surface area contributed by atoms with Gasteiger partial charge in [-0.2, -0.15) is 0 Å². The molecule has 112 valence electrons. The summed E-state index contributed by atoms with van der Waals surface area (Å²) in [6, 6.07) is 13.6. The Balaban J connectivity index is 1.86. The van der Waals surface area contributed by atoms with Gasteiger partial charge >= 0.3 is 0 Å². The maximum Gasteiger partial charge on any atom is 0.00840 e. The number of benzene rings is 1. The van der Waals surface area contributed by atoms with E-state index in [2.05, 4.69) is 54.0 Å². The summed E-state index contributed by atoms with van der Waals surface area (Å²) in [6.45, 7) is 4.39. The molecule has 0 aliphatic heterocycles. The molecule has 0 bridgehead atoms. The van der Waals surface area contributed by atoms with Gasteiger partial charge in [0.05, 0.1) is 0 Å². The standard InChI is InChI=1S/C19H25NS/c1-2-20-15-19(13-11-17-9-6-14-21-17)12-5-8-16-7-3-4-10-18(16)19/h3-4,6-7,9-10,14,20H,2,5,8,11-13,15H2,1H3.